The molecule has 2 aromatic carbocycles. The van der Waals surface area contributed by atoms with Gasteiger partial charge >= 0.3 is 0 Å². The van der Waals surface area contributed by atoms with Gasteiger partial charge in [-0.15, -0.1) is 0 Å². The molecule has 0 atom stereocenters. The highest BCUT2D eigenvalue weighted by molar-refractivity contribution is 6.11. The first-order valence-electron chi connectivity index (χ1n) is 8.82. The molecule has 4 rings (SSSR count). The molecule has 0 saturated carbocycles. The number of nitrogens with one attached hydrogen (secondary N) is 3. The second-order valence-electron chi connectivity index (χ2n) is 6.15. The third kappa shape index (κ3) is 3.78. The van der Waals surface area contributed by atoms with Gasteiger partial charge in [0.25, 0.3) is 11.9 Å². The lowest BCUT2D eigenvalue weighted by Crippen LogP contribution is -2.14. The van der Waals surface area contributed by atoms with Gasteiger partial charge in [-0.2, -0.15) is 4.98 Å². The van der Waals surface area contributed by atoms with Gasteiger partial charge < -0.3 is 20.4 Å². The number of hydrogen-bond donors (Lipinski definition) is 3. The number of carbonyl (C=O) groups is 1. The molecule has 0 bridgehead atoms. The maximum atomic E-state index is 12.8. The number of ether oxygens (including phenoxy) is 1. The van der Waals surface area contributed by atoms with E-state index in [0.29, 0.717) is 35.3 Å². The monoisotopic (exact) mass is 373 g/mol. The second-order valence-corrected chi connectivity index (χ2v) is 6.15. The smallest absolute Gasteiger partial charge is 0.294 e. The summed E-state index contributed by atoms with van der Waals surface area (Å²) in [5.41, 5.74) is 2.88. The van der Waals surface area contributed by atoms with Crippen LogP contribution in [0.15, 0.2) is 66.7 Å². The van der Waals surface area contributed by atoms with Crippen molar-refractivity contribution in [2.24, 2.45) is 0 Å². The van der Waals surface area contributed by atoms with E-state index in [1.54, 1.807) is 18.2 Å². The van der Waals surface area contributed by atoms with Crippen LogP contribution in [0.25, 0.3) is 11.0 Å². The van der Waals surface area contributed by atoms with Crippen molar-refractivity contribution in [2.75, 3.05) is 17.7 Å². The molecular weight excluding hydrogens is 354 g/mol. The molecule has 0 spiro atoms. The highest BCUT2D eigenvalue weighted by atomic mass is 16.5. The van der Waals surface area contributed by atoms with Gasteiger partial charge in [-0.25, -0.2) is 4.98 Å². The van der Waals surface area contributed by atoms with Gasteiger partial charge in [0.2, 0.25) is 0 Å². The number of aromatic amines is 1. The van der Waals surface area contributed by atoms with E-state index >= 15 is 0 Å². The maximum Gasteiger partial charge on any atom is 0.294 e. The summed E-state index contributed by atoms with van der Waals surface area (Å²) in [7, 11) is 1.52. The Balaban J connectivity index is 1.50. The summed E-state index contributed by atoms with van der Waals surface area (Å²) in [5, 5.41) is 6.09. The Morgan fingerprint density at radius 1 is 0.964 bits per heavy atom. The first-order valence-corrected chi connectivity index (χ1v) is 8.82. The Labute approximate surface area is 161 Å². The van der Waals surface area contributed by atoms with Crippen molar-refractivity contribution in [1.82, 2.24) is 15.0 Å². The number of hydrogen-bond acceptors (Lipinski definition) is 5. The highest BCUT2D eigenvalue weighted by Gasteiger charge is 2.14. The Hall–Kier alpha value is -3.87. The van der Waals surface area contributed by atoms with Crippen molar-refractivity contribution >= 4 is 28.6 Å². The normalized spacial score (nSPS) is 10.6. The summed E-state index contributed by atoms with van der Waals surface area (Å²) in [6, 6.07) is 21.2. The van der Waals surface area contributed by atoms with Gasteiger partial charge in [0.05, 0.1) is 18.2 Å². The van der Waals surface area contributed by atoms with E-state index in [0.717, 1.165) is 11.1 Å². The predicted molar refractivity (Wildman–Crippen MR) is 109 cm³/mol. The van der Waals surface area contributed by atoms with Crippen LogP contribution >= 0.6 is 0 Å². The van der Waals surface area contributed by atoms with Crippen molar-refractivity contribution in [3.05, 3.63) is 77.9 Å². The molecule has 2 aromatic heterocycles. The quantitative estimate of drug-likeness (QED) is 0.478. The lowest BCUT2D eigenvalue weighted by atomic mass is 10.1. The molecule has 3 N–H and O–H groups in total. The molecule has 2 heterocycles. The first-order chi connectivity index (χ1) is 13.7. The zero-order chi connectivity index (χ0) is 19.3. The minimum atomic E-state index is -0.285. The fourth-order valence-electron chi connectivity index (χ4n) is 2.86. The number of amides is 1. The molecular formula is C21H19N5O2. The Morgan fingerprint density at radius 2 is 1.75 bits per heavy atom. The van der Waals surface area contributed by atoms with Crippen molar-refractivity contribution < 1.29 is 9.53 Å². The van der Waals surface area contributed by atoms with E-state index in [1.807, 2.05) is 48.5 Å². The van der Waals surface area contributed by atoms with Gasteiger partial charge in [0.15, 0.2) is 0 Å². The topological polar surface area (TPSA) is 91.9 Å². The van der Waals surface area contributed by atoms with Crippen molar-refractivity contribution in [3.63, 3.8) is 0 Å². The lowest BCUT2D eigenvalue weighted by molar-refractivity contribution is 0.102. The standard InChI is InChI=1S/C21H19N5O2/c1-28-21-23-16-10-5-9-15(19(16)26-21)20(27)25-18-12-6-11-17(24-18)22-13-14-7-3-2-4-8-14/h2-12H,13H2,1H3,(H,23,26)(H2,22,24,25,27). The molecule has 7 heteroatoms. The number of nitrogens with zero attached hydrogens (tertiary/aromatic N) is 2. The van der Waals surface area contributed by atoms with Gasteiger partial charge in [-0.3, -0.25) is 4.79 Å². The molecule has 0 aliphatic carbocycles. The van der Waals surface area contributed by atoms with Gasteiger partial charge in [-0.1, -0.05) is 42.5 Å². The SMILES string of the molecule is COc1nc2c(C(=O)Nc3cccc(NCc4ccccc4)n3)cccc2[nH]1. The number of rotatable bonds is 6. The van der Waals surface area contributed by atoms with Crippen LogP contribution in [0.2, 0.25) is 0 Å². The van der Waals surface area contributed by atoms with Gasteiger partial charge in [0.1, 0.15) is 17.2 Å². The summed E-state index contributed by atoms with van der Waals surface area (Å²) < 4.78 is 5.11. The lowest BCUT2D eigenvalue weighted by Gasteiger charge is -2.09. The number of carbonyl (C=O) groups excluding carboxylic acids is 1. The fraction of sp³-hybridized carbons (Fsp3) is 0.0952. The Kier molecular flexibility index (Phi) is 4.88. The molecule has 1 amide bonds. The van der Waals surface area contributed by atoms with Gasteiger partial charge in [0, 0.05) is 6.54 Å². The average molecular weight is 373 g/mol. The number of H-pyrrole nitrogens is 1. The van der Waals surface area contributed by atoms with Crippen LogP contribution in [0.1, 0.15) is 15.9 Å². The molecule has 0 fully saturated rings. The van der Waals surface area contributed by atoms with E-state index in [1.165, 1.54) is 7.11 Å². The number of anilines is 2. The van der Waals surface area contributed by atoms with Crippen LogP contribution in [0, 0.1) is 0 Å². The fourth-order valence-corrected chi connectivity index (χ4v) is 2.86. The minimum absolute atomic E-state index is 0.285. The summed E-state index contributed by atoms with van der Waals surface area (Å²) in [4.78, 5) is 24.5. The number of imidazole rings is 1. The van der Waals surface area contributed by atoms with Crippen LogP contribution in [-0.2, 0) is 6.54 Å². The van der Waals surface area contributed by atoms with Crippen LogP contribution in [-0.4, -0.2) is 28.0 Å². The van der Waals surface area contributed by atoms with Crippen molar-refractivity contribution in [3.8, 4) is 6.01 Å². The second kappa shape index (κ2) is 7.79. The van der Waals surface area contributed by atoms with Crippen molar-refractivity contribution in [1.29, 1.82) is 0 Å². The minimum Gasteiger partial charge on any atom is -0.468 e. The molecule has 0 aliphatic heterocycles. The van der Waals surface area contributed by atoms with E-state index in [9.17, 15) is 4.79 Å². The molecule has 0 saturated heterocycles. The van der Waals surface area contributed by atoms with Gasteiger partial charge in [-0.05, 0) is 29.8 Å². The van der Waals surface area contributed by atoms with Crippen LogP contribution in [0.3, 0.4) is 0 Å². The number of pyridine rings is 1. The largest absolute Gasteiger partial charge is 0.468 e. The Bertz CT molecular complexity index is 1110. The van der Waals surface area contributed by atoms with E-state index in [2.05, 4.69) is 25.6 Å². The molecule has 4 aromatic rings. The summed E-state index contributed by atoms with van der Waals surface area (Å²) >= 11 is 0. The molecule has 0 unspecified atom stereocenters. The number of benzene rings is 2. The van der Waals surface area contributed by atoms with E-state index < -0.39 is 0 Å². The van der Waals surface area contributed by atoms with Crippen LogP contribution in [0.5, 0.6) is 6.01 Å². The van der Waals surface area contributed by atoms with Crippen LogP contribution < -0.4 is 15.4 Å². The summed E-state index contributed by atoms with van der Waals surface area (Å²) in [5.74, 6) is 0.858. The molecule has 0 aliphatic rings. The zero-order valence-electron chi connectivity index (χ0n) is 15.3. The van der Waals surface area contributed by atoms with E-state index in [-0.39, 0.29) is 5.91 Å². The van der Waals surface area contributed by atoms with E-state index in [4.69, 9.17) is 4.74 Å². The predicted octanol–water partition coefficient (Wildman–Crippen LogP) is 3.83. The average Bonchev–Trinajstić information content (AvgIpc) is 3.17. The highest BCUT2D eigenvalue weighted by Crippen LogP contribution is 2.21. The number of aromatic nitrogens is 3. The molecule has 140 valence electrons. The van der Waals surface area contributed by atoms with Crippen molar-refractivity contribution in [2.45, 2.75) is 6.54 Å². The first kappa shape index (κ1) is 17.5. The third-order valence-electron chi connectivity index (χ3n) is 4.24. The molecule has 7 nitrogen and oxygen atoms in total. The number of methoxy groups -OCH3 is 1. The maximum absolute atomic E-state index is 12.8. The number of para-hydroxylation sites is 1. The third-order valence-corrected chi connectivity index (χ3v) is 4.24. The Morgan fingerprint density at radius 3 is 2.57 bits per heavy atom. The number of fused-ring (bicyclic) bond motifs is 1. The van der Waals surface area contributed by atoms with Crippen LogP contribution in [0.4, 0.5) is 11.6 Å². The zero-order valence-corrected chi connectivity index (χ0v) is 15.3. The summed E-state index contributed by atoms with van der Waals surface area (Å²) in [6.45, 7) is 0.650. The summed E-state index contributed by atoms with van der Waals surface area (Å²) in [6.07, 6.45) is 0. The molecule has 28 heavy (non-hydrogen) atoms. The molecule has 0 radical (unpaired) electrons.